The number of hydrogen-bond donors (Lipinski definition) is 0. The molecule has 100 valence electrons. The average Bonchev–Trinajstić information content (AvgIpc) is 2.39. The fourth-order valence-corrected chi connectivity index (χ4v) is 2.23. The van der Waals surface area contributed by atoms with Crippen LogP contribution in [0.2, 0.25) is 0 Å². The zero-order valence-electron chi connectivity index (χ0n) is 11.9. The summed E-state index contributed by atoms with van der Waals surface area (Å²) in [6.07, 6.45) is 8.86. The summed E-state index contributed by atoms with van der Waals surface area (Å²) in [6.45, 7) is 7.16. The smallest absolute Gasteiger partial charge is 0.124 e. The molecule has 0 aromatic heterocycles. The number of allylic oxidation sites excluding steroid dienone is 1. The first-order valence-electron chi connectivity index (χ1n) is 6.69. The summed E-state index contributed by atoms with van der Waals surface area (Å²) >= 11 is 1.85. The minimum Gasteiger partial charge on any atom is -0.494 e. The van der Waals surface area contributed by atoms with Crippen molar-refractivity contribution in [1.82, 2.24) is 0 Å². The molecule has 1 unspecified atom stereocenters. The second kappa shape index (κ2) is 8.25. The highest BCUT2D eigenvalue weighted by molar-refractivity contribution is 7.98. The fraction of sp³-hybridized carbons (Fsp3) is 0.500. The van der Waals surface area contributed by atoms with Crippen molar-refractivity contribution in [2.45, 2.75) is 38.9 Å². The lowest BCUT2D eigenvalue weighted by Gasteiger charge is -2.15. The zero-order chi connectivity index (χ0) is 13.4. The van der Waals surface area contributed by atoms with Crippen LogP contribution in [0.15, 0.2) is 24.3 Å². The van der Waals surface area contributed by atoms with Gasteiger partial charge in [0.1, 0.15) is 5.75 Å². The van der Waals surface area contributed by atoms with Gasteiger partial charge in [-0.2, -0.15) is 11.8 Å². The molecule has 0 heterocycles. The molecule has 0 saturated carbocycles. The van der Waals surface area contributed by atoms with Crippen LogP contribution < -0.4 is 4.74 Å². The Bertz CT molecular complexity index is 385. The topological polar surface area (TPSA) is 9.23 Å². The van der Waals surface area contributed by atoms with Gasteiger partial charge in [0.05, 0.1) is 6.61 Å². The number of hydrogen-bond acceptors (Lipinski definition) is 2. The minimum absolute atomic E-state index is 0.472. The minimum atomic E-state index is 0.472. The molecule has 1 atom stereocenters. The number of benzene rings is 1. The van der Waals surface area contributed by atoms with Crippen molar-refractivity contribution in [2.75, 3.05) is 12.9 Å². The van der Waals surface area contributed by atoms with Gasteiger partial charge in [-0.05, 0) is 38.2 Å². The molecule has 0 amide bonds. The monoisotopic (exact) mass is 264 g/mol. The second-order valence-corrected chi connectivity index (χ2v) is 5.48. The Morgan fingerprint density at radius 2 is 2.11 bits per heavy atom. The van der Waals surface area contributed by atoms with E-state index in [0.29, 0.717) is 5.25 Å². The number of unbranched alkanes of at least 4 members (excludes halogenated alkanes) is 1. The zero-order valence-corrected chi connectivity index (χ0v) is 12.7. The summed E-state index contributed by atoms with van der Waals surface area (Å²) in [5.41, 5.74) is 2.51. The molecule has 2 heteroatoms. The van der Waals surface area contributed by atoms with E-state index in [1.54, 1.807) is 0 Å². The SMILES string of the molecule is CCC/C=C/c1ccc(C(C)SC)c(OCC)c1. The van der Waals surface area contributed by atoms with Crippen LogP contribution in [0, 0.1) is 0 Å². The first-order valence-corrected chi connectivity index (χ1v) is 7.97. The van der Waals surface area contributed by atoms with Crippen LogP contribution in [0.25, 0.3) is 6.08 Å². The Labute approximate surface area is 116 Å². The van der Waals surface area contributed by atoms with Gasteiger partial charge in [0.15, 0.2) is 0 Å². The molecule has 1 aromatic rings. The van der Waals surface area contributed by atoms with Crippen molar-refractivity contribution in [3.63, 3.8) is 0 Å². The van der Waals surface area contributed by atoms with Crippen molar-refractivity contribution in [3.05, 3.63) is 35.4 Å². The Hall–Kier alpha value is -0.890. The van der Waals surface area contributed by atoms with Gasteiger partial charge in [0, 0.05) is 10.8 Å². The Kier molecular flexibility index (Phi) is 6.96. The maximum absolute atomic E-state index is 5.76. The molecule has 0 saturated heterocycles. The lowest BCUT2D eigenvalue weighted by Crippen LogP contribution is -1.98. The summed E-state index contributed by atoms with van der Waals surface area (Å²) in [5, 5.41) is 0.472. The summed E-state index contributed by atoms with van der Waals surface area (Å²) in [5.74, 6) is 1.03. The molecule has 18 heavy (non-hydrogen) atoms. The predicted molar refractivity (Wildman–Crippen MR) is 83.5 cm³/mol. The largest absolute Gasteiger partial charge is 0.494 e. The van der Waals surface area contributed by atoms with Gasteiger partial charge in [-0.15, -0.1) is 0 Å². The first-order chi connectivity index (χ1) is 8.72. The van der Waals surface area contributed by atoms with Crippen LogP contribution in [-0.4, -0.2) is 12.9 Å². The third-order valence-corrected chi connectivity index (χ3v) is 3.86. The van der Waals surface area contributed by atoms with Crippen molar-refractivity contribution in [2.24, 2.45) is 0 Å². The van der Waals surface area contributed by atoms with E-state index in [2.05, 4.69) is 50.5 Å². The third kappa shape index (κ3) is 4.41. The predicted octanol–water partition coefficient (Wildman–Crippen LogP) is 5.32. The molecule has 0 bridgehead atoms. The third-order valence-electron chi connectivity index (χ3n) is 2.89. The highest BCUT2D eigenvalue weighted by atomic mass is 32.2. The van der Waals surface area contributed by atoms with E-state index in [0.717, 1.165) is 18.8 Å². The molecule has 0 spiro atoms. The van der Waals surface area contributed by atoms with E-state index in [4.69, 9.17) is 4.74 Å². The molecular weight excluding hydrogens is 240 g/mol. The first kappa shape index (κ1) is 15.2. The van der Waals surface area contributed by atoms with Crippen LogP contribution in [-0.2, 0) is 0 Å². The van der Waals surface area contributed by atoms with Crippen molar-refractivity contribution < 1.29 is 4.74 Å². The second-order valence-electron chi connectivity index (χ2n) is 4.30. The van der Waals surface area contributed by atoms with Crippen molar-refractivity contribution >= 4 is 17.8 Å². The Morgan fingerprint density at radius 1 is 1.33 bits per heavy atom. The molecule has 0 aliphatic rings. The van der Waals surface area contributed by atoms with Crippen LogP contribution >= 0.6 is 11.8 Å². The van der Waals surface area contributed by atoms with Gasteiger partial charge in [-0.3, -0.25) is 0 Å². The van der Waals surface area contributed by atoms with Crippen molar-refractivity contribution in [3.8, 4) is 5.75 Å². The number of ether oxygens (including phenoxy) is 1. The van der Waals surface area contributed by atoms with Gasteiger partial charge >= 0.3 is 0 Å². The molecular formula is C16H24OS. The molecule has 0 radical (unpaired) electrons. The maximum atomic E-state index is 5.76. The van der Waals surface area contributed by atoms with Gasteiger partial charge in [0.2, 0.25) is 0 Å². The quantitative estimate of drug-likeness (QED) is 0.659. The van der Waals surface area contributed by atoms with Gasteiger partial charge < -0.3 is 4.74 Å². The van der Waals surface area contributed by atoms with E-state index in [1.165, 1.54) is 17.5 Å². The molecule has 1 aromatic carbocycles. The molecule has 1 rings (SSSR count). The number of rotatable bonds is 7. The highest BCUT2D eigenvalue weighted by Gasteiger charge is 2.10. The summed E-state index contributed by atoms with van der Waals surface area (Å²) in [4.78, 5) is 0. The van der Waals surface area contributed by atoms with Crippen LogP contribution in [0.4, 0.5) is 0 Å². The fourth-order valence-electron chi connectivity index (χ4n) is 1.78. The van der Waals surface area contributed by atoms with E-state index in [1.807, 2.05) is 18.7 Å². The van der Waals surface area contributed by atoms with Crippen molar-refractivity contribution in [1.29, 1.82) is 0 Å². The molecule has 0 N–H and O–H groups in total. The van der Waals surface area contributed by atoms with E-state index in [9.17, 15) is 0 Å². The maximum Gasteiger partial charge on any atom is 0.124 e. The van der Waals surface area contributed by atoms with Gasteiger partial charge in [0.25, 0.3) is 0 Å². The Morgan fingerprint density at radius 3 is 2.72 bits per heavy atom. The molecule has 0 aliphatic heterocycles. The molecule has 1 nitrogen and oxygen atoms in total. The molecule has 0 aliphatic carbocycles. The van der Waals surface area contributed by atoms with Crippen LogP contribution in [0.3, 0.4) is 0 Å². The summed E-state index contributed by atoms with van der Waals surface area (Å²) in [6, 6.07) is 6.52. The van der Waals surface area contributed by atoms with Gasteiger partial charge in [-0.1, -0.05) is 37.6 Å². The highest BCUT2D eigenvalue weighted by Crippen LogP contribution is 2.34. The van der Waals surface area contributed by atoms with E-state index in [-0.39, 0.29) is 0 Å². The lowest BCUT2D eigenvalue weighted by atomic mass is 10.1. The van der Waals surface area contributed by atoms with E-state index >= 15 is 0 Å². The standard InChI is InChI=1S/C16H24OS/c1-5-7-8-9-14-10-11-15(13(3)18-4)16(12-14)17-6-2/h8-13H,5-7H2,1-4H3/b9-8+. The van der Waals surface area contributed by atoms with E-state index < -0.39 is 0 Å². The summed E-state index contributed by atoms with van der Waals surface area (Å²) in [7, 11) is 0. The van der Waals surface area contributed by atoms with Crippen LogP contribution in [0.1, 0.15) is 50.0 Å². The normalized spacial score (nSPS) is 12.9. The molecule has 0 fully saturated rings. The summed E-state index contributed by atoms with van der Waals surface area (Å²) < 4.78 is 5.76. The van der Waals surface area contributed by atoms with Gasteiger partial charge in [-0.25, -0.2) is 0 Å². The number of thioether (sulfide) groups is 1. The lowest BCUT2D eigenvalue weighted by molar-refractivity contribution is 0.336. The van der Waals surface area contributed by atoms with Crippen LogP contribution in [0.5, 0.6) is 5.75 Å². The average molecular weight is 264 g/mol. The Balaban J connectivity index is 2.95.